The third kappa shape index (κ3) is 3.48. The number of Topliss-reactive ketones (excluding diaryl/α,β-unsaturated/α-hetero) is 1. The van der Waals surface area contributed by atoms with Crippen LogP contribution in [0.3, 0.4) is 0 Å². The molecule has 0 atom stereocenters. The van der Waals surface area contributed by atoms with Gasteiger partial charge in [-0.15, -0.1) is 11.3 Å². The molecule has 0 saturated heterocycles. The van der Waals surface area contributed by atoms with E-state index in [1.54, 1.807) is 11.3 Å². The summed E-state index contributed by atoms with van der Waals surface area (Å²) in [5.74, 6) is 0.206. The van der Waals surface area contributed by atoms with Gasteiger partial charge in [0.25, 0.3) is 0 Å². The minimum absolute atomic E-state index is 0.206. The van der Waals surface area contributed by atoms with E-state index in [1.807, 2.05) is 6.07 Å². The molecule has 0 bridgehead atoms. The Kier molecular flexibility index (Phi) is 4.96. The molecule has 0 N–H and O–H groups in total. The number of ketones is 1. The molecule has 0 fully saturated rings. The molecule has 0 saturated carbocycles. The molecule has 1 aromatic carbocycles. The largest absolute Gasteiger partial charge is 0.364 e. The number of benzene rings is 1. The number of aryl methyl sites for hydroxylation is 2. The Balaban J connectivity index is 2.09. The maximum absolute atomic E-state index is 12.4. The molecule has 0 spiro atoms. The lowest BCUT2D eigenvalue weighted by Crippen LogP contribution is -2.29. The summed E-state index contributed by atoms with van der Waals surface area (Å²) >= 11 is 1.61. The molecule has 1 aromatic heterocycles. The lowest BCUT2D eigenvalue weighted by atomic mass is 10.2. The van der Waals surface area contributed by atoms with E-state index in [0.717, 1.165) is 23.5 Å². The number of anilines is 1. The number of thiophene rings is 1. The van der Waals surface area contributed by atoms with Gasteiger partial charge in [-0.05, 0) is 44.5 Å². The summed E-state index contributed by atoms with van der Waals surface area (Å²) < 4.78 is 0. The van der Waals surface area contributed by atoms with E-state index < -0.39 is 0 Å². The molecule has 20 heavy (non-hydrogen) atoms. The molecule has 0 radical (unpaired) electrons. The molecule has 2 nitrogen and oxygen atoms in total. The maximum atomic E-state index is 12.4. The van der Waals surface area contributed by atoms with Crippen LogP contribution in [0.5, 0.6) is 0 Å². The van der Waals surface area contributed by atoms with Crippen LogP contribution in [0.1, 0.15) is 34.0 Å². The molecule has 0 aliphatic heterocycles. The third-order valence-electron chi connectivity index (χ3n) is 3.40. The van der Waals surface area contributed by atoms with Crippen LogP contribution in [0, 0.1) is 6.92 Å². The first-order valence-corrected chi connectivity index (χ1v) is 7.89. The Bertz CT molecular complexity index is 571. The second-order valence-electron chi connectivity index (χ2n) is 4.89. The SMILES string of the molecule is CCc1ccc(C(=O)CN(CC)c2ccc(C)cc2)s1. The monoisotopic (exact) mass is 287 g/mol. The Morgan fingerprint density at radius 3 is 2.35 bits per heavy atom. The molecular weight excluding hydrogens is 266 g/mol. The second kappa shape index (κ2) is 6.71. The third-order valence-corrected chi connectivity index (χ3v) is 4.67. The van der Waals surface area contributed by atoms with Crippen LogP contribution < -0.4 is 4.90 Å². The highest BCUT2D eigenvalue weighted by atomic mass is 32.1. The standard InChI is InChI=1S/C17H21NOS/c1-4-15-10-11-17(20-15)16(19)12-18(5-2)14-8-6-13(3)7-9-14/h6-11H,4-5,12H2,1-3H3. The number of rotatable bonds is 6. The molecule has 2 rings (SSSR count). The van der Waals surface area contributed by atoms with E-state index in [1.165, 1.54) is 10.4 Å². The van der Waals surface area contributed by atoms with E-state index in [0.29, 0.717) is 6.54 Å². The van der Waals surface area contributed by atoms with Gasteiger partial charge < -0.3 is 4.90 Å². The maximum Gasteiger partial charge on any atom is 0.191 e. The van der Waals surface area contributed by atoms with Gasteiger partial charge in [0.05, 0.1) is 11.4 Å². The van der Waals surface area contributed by atoms with Crippen molar-refractivity contribution in [1.29, 1.82) is 0 Å². The minimum Gasteiger partial charge on any atom is -0.364 e. The van der Waals surface area contributed by atoms with Crippen LogP contribution >= 0.6 is 11.3 Å². The second-order valence-corrected chi connectivity index (χ2v) is 6.06. The first kappa shape index (κ1) is 14.8. The topological polar surface area (TPSA) is 20.3 Å². The van der Waals surface area contributed by atoms with Crippen molar-refractivity contribution in [2.24, 2.45) is 0 Å². The van der Waals surface area contributed by atoms with E-state index in [4.69, 9.17) is 0 Å². The number of carbonyl (C=O) groups is 1. The van der Waals surface area contributed by atoms with Crippen molar-refractivity contribution in [3.63, 3.8) is 0 Å². The number of hydrogen-bond acceptors (Lipinski definition) is 3. The summed E-state index contributed by atoms with van der Waals surface area (Å²) in [7, 11) is 0. The van der Waals surface area contributed by atoms with E-state index in [-0.39, 0.29) is 5.78 Å². The smallest absolute Gasteiger partial charge is 0.191 e. The summed E-state index contributed by atoms with van der Waals surface area (Å²) in [5.41, 5.74) is 2.35. The van der Waals surface area contributed by atoms with Crippen molar-refractivity contribution < 1.29 is 4.79 Å². The zero-order valence-electron chi connectivity index (χ0n) is 12.3. The highest BCUT2D eigenvalue weighted by Crippen LogP contribution is 2.20. The Morgan fingerprint density at radius 2 is 1.80 bits per heavy atom. The van der Waals surface area contributed by atoms with Gasteiger partial charge in [0.1, 0.15) is 0 Å². The van der Waals surface area contributed by atoms with Crippen molar-refractivity contribution >= 4 is 22.8 Å². The lowest BCUT2D eigenvalue weighted by Gasteiger charge is -2.22. The average molecular weight is 287 g/mol. The molecule has 0 amide bonds. The quantitative estimate of drug-likeness (QED) is 0.737. The molecule has 0 aliphatic rings. The van der Waals surface area contributed by atoms with Gasteiger partial charge in [0, 0.05) is 17.1 Å². The van der Waals surface area contributed by atoms with Crippen LogP contribution in [-0.2, 0) is 6.42 Å². The highest BCUT2D eigenvalue weighted by Gasteiger charge is 2.13. The normalized spacial score (nSPS) is 10.6. The molecule has 1 heterocycles. The number of likely N-dealkylation sites (N-methyl/N-ethyl adjacent to an activating group) is 1. The summed E-state index contributed by atoms with van der Waals surface area (Å²) in [6.07, 6.45) is 0.993. The Labute approximate surface area is 125 Å². The van der Waals surface area contributed by atoms with E-state index >= 15 is 0 Å². The highest BCUT2D eigenvalue weighted by molar-refractivity contribution is 7.14. The van der Waals surface area contributed by atoms with Gasteiger partial charge in [-0.1, -0.05) is 24.6 Å². The average Bonchev–Trinajstić information content (AvgIpc) is 2.94. The molecule has 3 heteroatoms. The van der Waals surface area contributed by atoms with Crippen LogP contribution in [-0.4, -0.2) is 18.9 Å². The zero-order chi connectivity index (χ0) is 14.5. The molecule has 106 valence electrons. The van der Waals surface area contributed by atoms with Crippen LogP contribution in [0.2, 0.25) is 0 Å². The van der Waals surface area contributed by atoms with Crippen LogP contribution in [0.15, 0.2) is 36.4 Å². The number of nitrogens with zero attached hydrogens (tertiary/aromatic N) is 1. The fourth-order valence-corrected chi connectivity index (χ4v) is 2.99. The van der Waals surface area contributed by atoms with E-state index in [2.05, 4.69) is 56.0 Å². The summed E-state index contributed by atoms with van der Waals surface area (Å²) in [6.45, 7) is 7.55. The van der Waals surface area contributed by atoms with Gasteiger partial charge in [-0.2, -0.15) is 0 Å². The molecule has 2 aromatic rings. The Morgan fingerprint density at radius 1 is 1.10 bits per heavy atom. The van der Waals surface area contributed by atoms with Crippen LogP contribution in [0.4, 0.5) is 5.69 Å². The summed E-state index contributed by atoms with van der Waals surface area (Å²) in [6, 6.07) is 12.3. The molecular formula is C17H21NOS. The van der Waals surface area contributed by atoms with Gasteiger partial charge >= 0.3 is 0 Å². The zero-order valence-corrected chi connectivity index (χ0v) is 13.2. The molecule has 0 aliphatic carbocycles. The van der Waals surface area contributed by atoms with E-state index in [9.17, 15) is 4.79 Å². The van der Waals surface area contributed by atoms with Gasteiger partial charge in [0.2, 0.25) is 0 Å². The lowest BCUT2D eigenvalue weighted by molar-refractivity contribution is 0.100. The number of carbonyl (C=O) groups excluding carboxylic acids is 1. The fourth-order valence-electron chi connectivity index (χ4n) is 2.11. The minimum atomic E-state index is 0.206. The van der Waals surface area contributed by atoms with Crippen molar-refractivity contribution in [2.75, 3.05) is 18.0 Å². The van der Waals surface area contributed by atoms with Crippen molar-refractivity contribution in [1.82, 2.24) is 0 Å². The summed E-state index contributed by atoms with van der Waals surface area (Å²) in [5, 5.41) is 0. The number of hydrogen-bond donors (Lipinski definition) is 0. The van der Waals surface area contributed by atoms with Crippen molar-refractivity contribution in [3.05, 3.63) is 51.7 Å². The Hall–Kier alpha value is -1.61. The summed E-state index contributed by atoms with van der Waals surface area (Å²) in [4.78, 5) is 16.6. The van der Waals surface area contributed by atoms with Crippen LogP contribution in [0.25, 0.3) is 0 Å². The fraction of sp³-hybridized carbons (Fsp3) is 0.353. The molecule has 0 unspecified atom stereocenters. The predicted molar refractivity (Wildman–Crippen MR) is 87.1 cm³/mol. The first-order chi connectivity index (χ1) is 9.63. The predicted octanol–water partition coefficient (Wildman–Crippen LogP) is 4.33. The van der Waals surface area contributed by atoms with Crippen molar-refractivity contribution in [2.45, 2.75) is 27.2 Å². The van der Waals surface area contributed by atoms with Crippen molar-refractivity contribution in [3.8, 4) is 0 Å². The first-order valence-electron chi connectivity index (χ1n) is 7.07. The van der Waals surface area contributed by atoms with Gasteiger partial charge in [0.15, 0.2) is 5.78 Å². The van der Waals surface area contributed by atoms with Gasteiger partial charge in [-0.25, -0.2) is 0 Å². The van der Waals surface area contributed by atoms with Gasteiger partial charge in [-0.3, -0.25) is 4.79 Å².